The number of nitrogens with zero attached hydrogens (tertiary/aromatic N) is 2. The van der Waals surface area contributed by atoms with Crippen LogP contribution in [0.1, 0.15) is 16.7 Å². The van der Waals surface area contributed by atoms with E-state index in [0.29, 0.717) is 24.6 Å². The van der Waals surface area contributed by atoms with Gasteiger partial charge in [0.15, 0.2) is 5.96 Å². The maximum absolute atomic E-state index is 12.1. The summed E-state index contributed by atoms with van der Waals surface area (Å²) in [6.07, 6.45) is -4.31. The minimum absolute atomic E-state index is 0. The monoisotopic (exact) mass is 536 g/mol. The highest BCUT2D eigenvalue weighted by Crippen LogP contribution is 2.16. The Morgan fingerprint density at radius 2 is 1.57 bits per heavy atom. The first-order chi connectivity index (χ1) is 13.8. The van der Waals surface area contributed by atoms with Crippen molar-refractivity contribution in [1.82, 2.24) is 10.6 Å². The highest BCUT2D eigenvalue weighted by molar-refractivity contribution is 14.0. The summed E-state index contributed by atoms with van der Waals surface area (Å²) in [5.74, 6) is 0.665. The zero-order valence-electron chi connectivity index (χ0n) is 17.3. The molecule has 0 saturated heterocycles. The average Bonchev–Trinajstić information content (AvgIpc) is 2.68. The molecule has 166 valence electrons. The van der Waals surface area contributed by atoms with Gasteiger partial charge in [-0.15, -0.1) is 24.0 Å². The van der Waals surface area contributed by atoms with Gasteiger partial charge in [0.25, 0.3) is 0 Å². The van der Waals surface area contributed by atoms with E-state index < -0.39 is 12.8 Å². The SMILES string of the molecule is CN=C(NCc1ccc(COCC(F)(F)F)cc1)NCc1cccc(N(C)C)c1.I. The fourth-order valence-electron chi connectivity index (χ4n) is 2.57. The van der Waals surface area contributed by atoms with Gasteiger partial charge < -0.3 is 20.3 Å². The summed E-state index contributed by atoms with van der Waals surface area (Å²) in [7, 11) is 5.70. The molecule has 2 rings (SSSR count). The van der Waals surface area contributed by atoms with Crippen LogP contribution in [0.25, 0.3) is 0 Å². The Balaban J connectivity index is 0.00000450. The van der Waals surface area contributed by atoms with E-state index in [-0.39, 0.29) is 30.6 Å². The summed E-state index contributed by atoms with van der Waals surface area (Å²) in [5, 5.41) is 6.49. The van der Waals surface area contributed by atoms with E-state index in [1.807, 2.05) is 49.3 Å². The highest BCUT2D eigenvalue weighted by Gasteiger charge is 2.27. The quantitative estimate of drug-likeness (QED) is 0.300. The summed E-state index contributed by atoms with van der Waals surface area (Å²) in [5.41, 5.74) is 3.96. The summed E-state index contributed by atoms with van der Waals surface area (Å²) in [6.45, 7) is -0.129. The fourth-order valence-corrected chi connectivity index (χ4v) is 2.57. The predicted octanol–water partition coefficient (Wildman–Crippen LogP) is 4.31. The van der Waals surface area contributed by atoms with Gasteiger partial charge in [0, 0.05) is 39.9 Å². The molecule has 0 aromatic heterocycles. The number of benzene rings is 2. The Morgan fingerprint density at radius 3 is 2.13 bits per heavy atom. The molecule has 2 N–H and O–H groups in total. The molecule has 0 atom stereocenters. The van der Waals surface area contributed by atoms with Crippen LogP contribution in [-0.4, -0.2) is 39.9 Å². The van der Waals surface area contributed by atoms with Crippen molar-refractivity contribution >= 4 is 35.6 Å². The summed E-state index contributed by atoms with van der Waals surface area (Å²) in [4.78, 5) is 6.26. The molecule has 2 aromatic rings. The van der Waals surface area contributed by atoms with E-state index in [9.17, 15) is 13.2 Å². The number of hydrogen-bond donors (Lipinski definition) is 2. The Bertz CT molecular complexity index is 796. The van der Waals surface area contributed by atoms with E-state index in [1.54, 1.807) is 19.2 Å². The molecule has 2 aromatic carbocycles. The number of nitrogens with one attached hydrogen (secondary N) is 2. The van der Waals surface area contributed by atoms with E-state index in [0.717, 1.165) is 16.8 Å². The van der Waals surface area contributed by atoms with Crippen LogP contribution in [-0.2, 0) is 24.4 Å². The van der Waals surface area contributed by atoms with Gasteiger partial charge in [-0.1, -0.05) is 36.4 Å². The zero-order valence-corrected chi connectivity index (χ0v) is 19.6. The Labute approximate surface area is 192 Å². The molecule has 0 fully saturated rings. The van der Waals surface area contributed by atoms with Gasteiger partial charge in [-0.05, 0) is 28.8 Å². The van der Waals surface area contributed by atoms with Gasteiger partial charge in [-0.25, -0.2) is 0 Å². The van der Waals surface area contributed by atoms with Gasteiger partial charge in [0.2, 0.25) is 0 Å². The second-order valence-electron chi connectivity index (χ2n) is 6.77. The lowest BCUT2D eigenvalue weighted by Crippen LogP contribution is -2.36. The number of alkyl halides is 3. The van der Waals surface area contributed by atoms with Crippen LogP contribution < -0.4 is 15.5 Å². The fraction of sp³-hybridized carbons (Fsp3) is 0.381. The standard InChI is InChI=1S/C21H27F3N4O.HI/c1-25-20(27-13-18-5-4-6-19(11-18)28(2)3)26-12-16-7-9-17(10-8-16)14-29-15-21(22,23)24;/h4-11H,12-15H2,1-3H3,(H2,25,26,27);1H. The molecule has 0 aliphatic heterocycles. The van der Waals surface area contributed by atoms with Gasteiger partial charge in [-0.3, -0.25) is 4.99 Å². The summed E-state index contributed by atoms with van der Waals surface area (Å²) in [6, 6.07) is 15.5. The van der Waals surface area contributed by atoms with Crippen molar-refractivity contribution in [2.45, 2.75) is 25.9 Å². The average molecular weight is 536 g/mol. The maximum atomic E-state index is 12.1. The number of hydrogen-bond acceptors (Lipinski definition) is 3. The molecule has 0 spiro atoms. The molecular weight excluding hydrogens is 508 g/mol. The first-order valence-electron chi connectivity index (χ1n) is 9.20. The first kappa shape index (κ1) is 26.0. The lowest BCUT2D eigenvalue weighted by Gasteiger charge is -2.15. The van der Waals surface area contributed by atoms with E-state index in [1.165, 1.54) is 0 Å². The number of guanidine groups is 1. The van der Waals surface area contributed by atoms with E-state index >= 15 is 0 Å². The van der Waals surface area contributed by atoms with Crippen LogP contribution in [0.15, 0.2) is 53.5 Å². The second-order valence-corrected chi connectivity index (χ2v) is 6.77. The third kappa shape index (κ3) is 9.66. The van der Waals surface area contributed by atoms with Crippen LogP contribution in [0.4, 0.5) is 18.9 Å². The van der Waals surface area contributed by atoms with Gasteiger partial charge >= 0.3 is 6.18 Å². The van der Waals surface area contributed by atoms with Crippen LogP contribution >= 0.6 is 24.0 Å². The predicted molar refractivity (Wildman–Crippen MR) is 125 cm³/mol. The van der Waals surface area contributed by atoms with Crippen molar-refractivity contribution in [3.8, 4) is 0 Å². The Morgan fingerprint density at radius 1 is 0.967 bits per heavy atom. The molecule has 0 unspecified atom stereocenters. The molecule has 0 radical (unpaired) electrons. The molecule has 0 aliphatic rings. The third-order valence-electron chi connectivity index (χ3n) is 4.13. The van der Waals surface area contributed by atoms with Gasteiger partial charge in [-0.2, -0.15) is 13.2 Å². The summed E-state index contributed by atoms with van der Waals surface area (Å²) < 4.78 is 41.0. The summed E-state index contributed by atoms with van der Waals surface area (Å²) >= 11 is 0. The minimum Gasteiger partial charge on any atom is -0.378 e. The molecule has 30 heavy (non-hydrogen) atoms. The largest absolute Gasteiger partial charge is 0.411 e. The minimum atomic E-state index is -4.31. The molecule has 9 heteroatoms. The van der Waals surface area contributed by atoms with E-state index in [4.69, 9.17) is 0 Å². The Kier molecular flexibility index (Phi) is 11.0. The van der Waals surface area contributed by atoms with Crippen molar-refractivity contribution in [1.29, 1.82) is 0 Å². The Hall–Kier alpha value is -2.01. The molecule has 0 aliphatic carbocycles. The van der Waals surface area contributed by atoms with Crippen LogP contribution in [0.5, 0.6) is 0 Å². The normalized spacial score (nSPS) is 11.6. The topological polar surface area (TPSA) is 48.9 Å². The molecule has 0 saturated carbocycles. The van der Waals surface area contributed by atoms with Crippen molar-refractivity contribution in [2.75, 3.05) is 32.6 Å². The maximum Gasteiger partial charge on any atom is 0.411 e. The third-order valence-corrected chi connectivity index (χ3v) is 4.13. The van der Waals surface area contributed by atoms with Crippen LogP contribution in [0, 0.1) is 0 Å². The van der Waals surface area contributed by atoms with Crippen molar-refractivity contribution in [3.63, 3.8) is 0 Å². The van der Waals surface area contributed by atoms with Crippen molar-refractivity contribution < 1.29 is 17.9 Å². The number of ether oxygens (including phenoxy) is 1. The number of anilines is 1. The molecule has 0 amide bonds. The van der Waals surface area contributed by atoms with Crippen LogP contribution in [0.2, 0.25) is 0 Å². The molecular formula is C21H28F3IN4O. The zero-order chi connectivity index (χ0) is 21.3. The van der Waals surface area contributed by atoms with Crippen LogP contribution in [0.3, 0.4) is 0 Å². The molecule has 0 bridgehead atoms. The van der Waals surface area contributed by atoms with Crippen molar-refractivity contribution in [3.05, 3.63) is 65.2 Å². The lowest BCUT2D eigenvalue weighted by atomic mass is 10.1. The molecule has 5 nitrogen and oxygen atoms in total. The van der Waals surface area contributed by atoms with Gasteiger partial charge in [0.1, 0.15) is 6.61 Å². The second kappa shape index (κ2) is 12.6. The molecule has 0 heterocycles. The first-order valence-corrected chi connectivity index (χ1v) is 9.20. The lowest BCUT2D eigenvalue weighted by molar-refractivity contribution is -0.176. The number of rotatable bonds is 8. The van der Waals surface area contributed by atoms with E-state index in [2.05, 4.69) is 26.4 Å². The number of aliphatic imine (C=N–C) groups is 1. The smallest absolute Gasteiger partial charge is 0.378 e. The van der Waals surface area contributed by atoms with Crippen molar-refractivity contribution in [2.24, 2.45) is 4.99 Å². The number of halogens is 4. The highest BCUT2D eigenvalue weighted by atomic mass is 127. The van der Waals surface area contributed by atoms with Gasteiger partial charge in [0.05, 0.1) is 6.61 Å².